The number of ether oxygens (including phenoxy) is 1. The van der Waals surface area contributed by atoms with Crippen molar-refractivity contribution in [3.8, 4) is 5.75 Å². The van der Waals surface area contributed by atoms with Crippen LogP contribution >= 0.6 is 11.6 Å². The van der Waals surface area contributed by atoms with Gasteiger partial charge in [-0.15, -0.1) is 0 Å². The van der Waals surface area contributed by atoms with Gasteiger partial charge in [0.15, 0.2) is 0 Å². The molecule has 1 fully saturated rings. The van der Waals surface area contributed by atoms with Crippen LogP contribution in [0.15, 0.2) is 47.4 Å². The molecular weight excluding hydrogens is 400 g/mol. The topological polar surface area (TPSA) is 66.9 Å². The van der Waals surface area contributed by atoms with Gasteiger partial charge in [0.25, 0.3) is 0 Å². The van der Waals surface area contributed by atoms with Gasteiger partial charge < -0.3 is 9.64 Å². The molecule has 1 amide bonds. The Bertz CT molecular complexity index is 1020. The Hall–Kier alpha value is -2.09. The van der Waals surface area contributed by atoms with Crippen LogP contribution < -0.4 is 9.64 Å². The van der Waals surface area contributed by atoms with Crippen LogP contribution in [0.25, 0.3) is 0 Å². The zero-order chi connectivity index (χ0) is 19.9. The number of fused-ring (bicyclic) bond motifs is 1. The van der Waals surface area contributed by atoms with Crippen LogP contribution in [-0.2, 0) is 14.8 Å². The van der Waals surface area contributed by atoms with E-state index in [4.69, 9.17) is 16.3 Å². The Labute approximate surface area is 169 Å². The summed E-state index contributed by atoms with van der Waals surface area (Å²) < 4.78 is 33.9. The highest BCUT2D eigenvalue weighted by atomic mass is 35.5. The summed E-state index contributed by atoms with van der Waals surface area (Å²) in [4.78, 5) is 13.6. The summed E-state index contributed by atoms with van der Waals surface area (Å²) in [7, 11) is -3.73. The van der Waals surface area contributed by atoms with Crippen molar-refractivity contribution < 1.29 is 17.9 Å². The number of anilines is 1. The molecule has 0 spiro atoms. The SMILES string of the molecule is CC(=O)N1CCOc2cc(S(=O)(=O)N3CCC[C@H]3c3ccccc3Cl)ccc21. The van der Waals surface area contributed by atoms with Gasteiger partial charge in [-0.1, -0.05) is 29.8 Å². The minimum Gasteiger partial charge on any atom is -0.489 e. The van der Waals surface area contributed by atoms with E-state index in [0.717, 1.165) is 18.4 Å². The average molecular weight is 421 g/mol. The first kappa shape index (κ1) is 19.2. The van der Waals surface area contributed by atoms with Gasteiger partial charge in [0.05, 0.1) is 23.2 Å². The molecule has 0 radical (unpaired) electrons. The number of halogens is 1. The van der Waals surface area contributed by atoms with E-state index < -0.39 is 10.0 Å². The first-order chi connectivity index (χ1) is 13.4. The van der Waals surface area contributed by atoms with E-state index in [1.807, 2.05) is 18.2 Å². The average Bonchev–Trinajstić information content (AvgIpc) is 3.17. The third-order valence-corrected chi connectivity index (χ3v) is 7.50. The van der Waals surface area contributed by atoms with Gasteiger partial charge in [-0.25, -0.2) is 8.42 Å². The van der Waals surface area contributed by atoms with E-state index in [1.165, 1.54) is 17.3 Å². The van der Waals surface area contributed by atoms with Crippen LogP contribution in [0.2, 0.25) is 5.02 Å². The van der Waals surface area contributed by atoms with Gasteiger partial charge in [-0.3, -0.25) is 4.79 Å². The molecule has 1 saturated heterocycles. The number of sulfonamides is 1. The van der Waals surface area contributed by atoms with E-state index in [2.05, 4.69) is 0 Å². The van der Waals surface area contributed by atoms with Crippen molar-refractivity contribution in [3.63, 3.8) is 0 Å². The Morgan fingerprint density at radius 1 is 1.18 bits per heavy atom. The van der Waals surface area contributed by atoms with Gasteiger partial charge in [0, 0.05) is 24.6 Å². The molecule has 148 valence electrons. The lowest BCUT2D eigenvalue weighted by molar-refractivity contribution is -0.116. The summed E-state index contributed by atoms with van der Waals surface area (Å²) in [6.45, 7) is 2.71. The standard InChI is InChI=1S/C20H21ClN2O4S/c1-14(24)22-11-12-27-20-13-15(8-9-19(20)22)28(25,26)23-10-4-7-18(23)16-5-2-3-6-17(16)21/h2-3,5-6,8-9,13,18H,4,7,10-12H2,1H3/t18-/m0/s1. The number of rotatable bonds is 3. The Balaban J connectivity index is 1.70. The second kappa shape index (κ2) is 7.39. The number of nitrogens with zero attached hydrogens (tertiary/aromatic N) is 2. The fraction of sp³-hybridized carbons (Fsp3) is 0.350. The fourth-order valence-corrected chi connectivity index (χ4v) is 5.86. The maximum Gasteiger partial charge on any atom is 0.243 e. The van der Waals surface area contributed by atoms with Crippen molar-refractivity contribution in [2.45, 2.75) is 30.7 Å². The monoisotopic (exact) mass is 420 g/mol. The second-order valence-corrected chi connectivity index (χ2v) is 9.24. The largest absolute Gasteiger partial charge is 0.489 e. The van der Waals surface area contributed by atoms with Crippen molar-refractivity contribution in [1.29, 1.82) is 0 Å². The highest BCUT2D eigenvalue weighted by molar-refractivity contribution is 7.89. The number of benzene rings is 2. The zero-order valence-corrected chi connectivity index (χ0v) is 17.0. The zero-order valence-electron chi connectivity index (χ0n) is 15.5. The lowest BCUT2D eigenvalue weighted by atomic mass is 10.1. The van der Waals surface area contributed by atoms with E-state index in [-0.39, 0.29) is 16.8 Å². The molecule has 8 heteroatoms. The smallest absolute Gasteiger partial charge is 0.243 e. The molecule has 0 N–H and O–H groups in total. The van der Waals surface area contributed by atoms with Gasteiger partial charge in [0.2, 0.25) is 15.9 Å². The molecule has 0 saturated carbocycles. The maximum atomic E-state index is 13.4. The molecule has 6 nitrogen and oxygen atoms in total. The summed E-state index contributed by atoms with van der Waals surface area (Å²) in [5, 5.41) is 0.570. The summed E-state index contributed by atoms with van der Waals surface area (Å²) in [6.07, 6.45) is 1.50. The predicted octanol–water partition coefficient (Wildman–Crippen LogP) is 3.61. The summed E-state index contributed by atoms with van der Waals surface area (Å²) in [6, 6.07) is 11.8. The van der Waals surface area contributed by atoms with Gasteiger partial charge in [0.1, 0.15) is 12.4 Å². The van der Waals surface area contributed by atoms with Gasteiger partial charge >= 0.3 is 0 Å². The minimum absolute atomic E-state index is 0.0986. The van der Waals surface area contributed by atoms with Crippen molar-refractivity contribution in [2.75, 3.05) is 24.6 Å². The van der Waals surface area contributed by atoms with Crippen molar-refractivity contribution in [3.05, 3.63) is 53.1 Å². The summed E-state index contributed by atoms with van der Waals surface area (Å²) >= 11 is 6.33. The second-order valence-electron chi connectivity index (χ2n) is 6.94. The van der Waals surface area contributed by atoms with Crippen LogP contribution in [0.4, 0.5) is 5.69 Å². The fourth-order valence-electron chi connectivity index (χ4n) is 3.91. The summed E-state index contributed by atoms with van der Waals surface area (Å²) in [5.41, 5.74) is 1.42. The molecule has 2 aromatic carbocycles. The Kier molecular flexibility index (Phi) is 5.07. The lowest BCUT2D eigenvalue weighted by Crippen LogP contribution is -2.36. The molecular formula is C20H21ClN2O4S. The molecule has 2 heterocycles. The summed E-state index contributed by atoms with van der Waals surface area (Å²) in [5.74, 6) is 0.314. The first-order valence-corrected chi connectivity index (χ1v) is 11.0. The van der Waals surface area contributed by atoms with Crippen LogP contribution in [0.1, 0.15) is 31.4 Å². The molecule has 4 rings (SSSR count). The highest BCUT2D eigenvalue weighted by Gasteiger charge is 2.37. The number of carbonyl (C=O) groups excluding carboxylic acids is 1. The third-order valence-electron chi connectivity index (χ3n) is 5.25. The molecule has 0 unspecified atom stereocenters. The van der Waals surface area contributed by atoms with Crippen LogP contribution in [0.5, 0.6) is 5.75 Å². The molecule has 2 aliphatic heterocycles. The van der Waals surface area contributed by atoms with E-state index >= 15 is 0 Å². The normalized spacial score (nSPS) is 19.9. The molecule has 2 aliphatic rings. The number of carbonyl (C=O) groups is 1. The number of hydrogen-bond acceptors (Lipinski definition) is 4. The van der Waals surface area contributed by atoms with E-state index in [9.17, 15) is 13.2 Å². The van der Waals surface area contributed by atoms with Crippen molar-refractivity contribution in [1.82, 2.24) is 4.31 Å². The van der Waals surface area contributed by atoms with Crippen LogP contribution in [0, 0.1) is 0 Å². The third kappa shape index (κ3) is 3.27. The van der Waals surface area contributed by atoms with Crippen LogP contribution in [-0.4, -0.2) is 38.3 Å². The van der Waals surface area contributed by atoms with Crippen molar-refractivity contribution >= 4 is 33.2 Å². The van der Waals surface area contributed by atoms with Gasteiger partial charge in [-0.2, -0.15) is 4.31 Å². The number of hydrogen-bond donors (Lipinski definition) is 0. The Morgan fingerprint density at radius 3 is 2.71 bits per heavy atom. The lowest BCUT2D eigenvalue weighted by Gasteiger charge is -2.30. The predicted molar refractivity (Wildman–Crippen MR) is 107 cm³/mol. The maximum absolute atomic E-state index is 13.4. The minimum atomic E-state index is -3.73. The van der Waals surface area contributed by atoms with E-state index in [0.29, 0.717) is 36.2 Å². The molecule has 0 bridgehead atoms. The number of amides is 1. The first-order valence-electron chi connectivity index (χ1n) is 9.21. The van der Waals surface area contributed by atoms with E-state index in [1.54, 1.807) is 23.1 Å². The molecule has 0 aromatic heterocycles. The van der Waals surface area contributed by atoms with Crippen LogP contribution in [0.3, 0.4) is 0 Å². The molecule has 0 aliphatic carbocycles. The quantitative estimate of drug-likeness (QED) is 0.760. The van der Waals surface area contributed by atoms with Crippen molar-refractivity contribution in [2.24, 2.45) is 0 Å². The molecule has 2 aromatic rings. The molecule has 28 heavy (non-hydrogen) atoms. The van der Waals surface area contributed by atoms with Gasteiger partial charge in [-0.05, 0) is 36.6 Å². The molecule has 1 atom stereocenters. The highest BCUT2D eigenvalue weighted by Crippen LogP contribution is 2.41. The Morgan fingerprint density at radius 2 is 1.96 bits per heavy atom.